The summed E-state index contributed by atoms with van der Waals surface area (Å²) >= 11 is 17.0. The van der Waals surface area contributed by atoms with Gasteiger partial charge in [0.25, 0.3) is 0 Å². The van der Waals surface area contributed by atoms with Crippen molar-refractivity contribution in [2.75, 3.05) is 27.2 Å². The summed E-state index contributed by atoms with van der Waals surface area (Å²) in [6.07, 6.45) is 0.0981. The molecule has 1 rings (SSSR count). The summed E-state index contributed by atoms with van der Waals surface area (Å²) in [5.41, 5.74) is 0.0697. The van der Waals surface area contributed by atoms with E-state index in [0.29, 0.717) is 6.42 Å². The summed E-state index contributed by atoms with van der Waals surface area (Å²) in [6, 6.07) is 7.25. The molecule has 0 spiro atoms. The first-order valence-electron chi connectivity index (χ1n) is 12.2. The zero-order valence-corrected chi connectivity index (χ0v) is 25.2. The minimum atomic E-state index is -1.79. The van der Waals surface area contributed by atoms with Crippen molar-refractivity contribution >= 4 is 58.7 Å². The van der Waals surface area contributed by atoms with Crippen molar-refractivity contribution in [1.82, 2.24) is 15.1 Å². The first kappa shape index (κ1) is 33.8. The van der Waals surface area contributed by atoms with Crippen LogP contribution in [0.4, 0.5) is 4.79 Å². The van der Waals surface area contributed by atoms with Crippen LogP contribution in [0.25, 0.3) is 0 Å². The van der Waals surface area contributed by atoms with Crippen LogP contribution in [0.5, 0.6) is 0 Å². The normalized spacial score (nSPS) is 14.1. The number of benzene rings is 1. The molecule has 0 aromatic heterocycles. The van der Waals surface area contributed by atoms with Crippen molar-refractivity contribution in [1.29, 1.82) is 0 Å². The Morgan fingerprint density at radius 3 is 2.11 bits per heavy atom. The molecule has 0 aliphatic carbocycles. The van der Waals surface area contributed by atoms with Crippen LogP contribution in [0.1, 0.15) is 46.6 Å². The quantitative estimate of drug-likeness (QED) is 0.301. The third-order valence-electron chi connectivity index (χ3n) is 5.62. The lowest BCUT2D eigenvalue weighted by Gasteiger charge is -2.32. The van der Waals surface area contributed by atoms with Crippen molar-refractivity contribution in [2.45, 2.75) is 68.9 Å². The summed E-state index contributed by atoms with van der Waals surface area (Å²) in [5, 5.41) is 2.62. The van der Waals surface area contributed by atoms with Gasteiger partial charge in [-0.3, -0.25) is 14.5 Å². The van der Waals surface area contributed by atoms with E-state index in [0.717, 1.165) is 5.56 Å². The van der Waals surface area contributed by atoms with E-state index in [1.807, 2.05) is 37.3 Å². The molecular weight excluding hydrogens is 557 g/mol. The lowest BCUT2D eigenvalue weighted by molar-refractivity contribution is -0.149. The number of nitrogens with zero attached hydrogens (tertiary/aromatic N) is 2. The fourth-order valence-electron chi connectivity index (χ4n) is 3.37. The Morgan fingerprint density at radius 1 is 1.03 bits per heavy atom. The SMILES string of the molecule is CC[C@H](C)[C@H](NC(=O)CN(C)C(=O)[C@@H](Cc1ccccc1)N(C)C(=O)OC(C)(C)C)C(=O)OCC(Cl)(Cl)Cl. The molecule has 0 saturated heterocycles. The van der Waals surface area contributed by atoms with Crippen LogP contribution < -0.4 is 5.32 Å². The molecule has 12 heteroatoms. The molecule has 1 N–H and O–H groups in total. The van der Waals surface area contributed by atoms with Gasteiger partial charge < -0.3 is 19.7 Å². The molecule has 0 unspecified atom stereocenters. The van der Waals surface area contributed by atoms with E-state index in [2.05, 4.69) is 5.32 Å². The van der Waals surface area contributed by atoms with Gasteiger partial charge in [0.1, 0.15) is 24.3 Å². The van der Waals surface area contributed by atoms with Gasteiger partial charge in [-0.25, -0.2) is 9.59 Å². The van der Waals surface area contributed by atoms with Crippen LogP contribution in [0.2, 0.25) is 0 Å². The third kappa shape index (κ3) is 12.1. The molecule has 9 nitrogen and oxygen atoms in total. The van der Waals surface area contributed by atoms with Gasteiger partial charge >= 0.3 is 12.1 Å². The number of carbonyl (C=O) groups excluding carboxylic acids is 4. The predicted octanol–water partition coefficient (Wildman–Crippen LogP) is 4.37. The number of likely N-dealkylation sites (N-methyl/N-ethyl adjacent to an activating group) is 2. The average molecular weight is 595 g/mol. The smallest absolute Gasteiger partial charge is 0.410 e. The lowest BCUT2D eigenvalue weighted by Crippen LogP contribution is -2.54. The van der Waals surface area contributed by atoms with E-state index >= 15 is 0 Å². The Labute approximate surface area is 240 Å². The Balaban J connectivity index is 3.03. The predicted molar refractivity (Wildman–Crippen MR) is 148 cm³/mol. The van der Waals surface area contributed by atoms with Crippen LogP contribution in [0.15, 0.2) is 30.3 Å². The number of carbonyl (C=O) groups is 4. The topological polar surface area (TPSA) is 105 Å². The van der Waals surface area contributed by atoms with Crippen LogP contribution in [-0.2, 0) is 30.3 Å². The Bertz CT molecular complexity index is 950. The molecule has 0 fully saturated rings. The molecular formula is C26H38Cl3N3O6. The maximum atomic E-state index is 13.5. The van der Waals surface area contributed by atoms with Crippen LogP contribution >= 0.6 is 34.8 Å². The number of nitrogens with one attached hydrogen (secondary N) is 1. The molecule has 0 bridgehead atoms. The molecule has 0 aliphatic heterocycles. The highest BCUT2D eigenvalue weighted by molar-refractivity contribution is 6.67. The number of esters is 1. The van der Waals surface area contributed by atoms with E-state index in [1.165, 1.54) is 23.9 Å². The van der Waals surface area contributed by atoms with Crippen molar-refractivity contribution < 1.29 is 28.7 Å². The van der Waals surface area contributed by atoms with Crippen molar-refractivity contribution in [2.24, 2.45) is 5.92 Å². The van der Waals surface area contributed by atoms with E-state index in [1.54, 1.807) is 27.7 Å². The molecule has 1 aromatic rings. The van der Waals surface area contributed by atoms with Gasteiger partial charge in [-0.15, -0.1) is 0 Å². The molecule has 38 heavy (non-hydrogen) atoms. The summed E-state index contributed by atoms with van der Waals surface area (Å²) in [6.45, 7) is 7.97. The number of rotatable bonds is 11. The van der Waals surface area contributed by atoms with Gasteiger partial charge in [-0.05, 0) is 32.3 Å². The second-order valence-corrected chi connectivity index (χ2v) is 12.7. The van der Waals surface area contributed by atoms with Crippen molar-refractivity contribution in [3.63, 3.8) is 0 Å². The molecule has 0 radical (unpaired) electrons. The highest BCUT2D eigenvalue weighted by atomic mass is 35.6. The van der Waals surface area contributed by atoms with E-state index < -0.39 is 52.0 Å². The van der Waals surface area contributed by atoms with Gasteiger partial charge in [0.2, 0.25) is 15.6 Å². The van der Waals surface area contributed by atoms with Gasteiger partial charge in [0, 0.05) is 20.5 Å². The van der Waals surface area contributed by atoms with Crippen LogP contribution in [0, 0.1) is 5.92 Å². The highest BCUT2D eigenvalue weighted by Crippen LogP contribution is 2.26. The number of amides is 3. The number of hydrogen-bond donors (Lipinski definition) is 1. The maximum Gasteiger partial charge on any atom is 0.410 e. The minimum absolute atomic E-state index is 0.209. The molecule has 1 aromatic carbocycles. The monoisotopic (exact) mass is 593 g/mol. The maximum absolute atomic E-state index is 13.5. The second-order valence-electron chi connectivity index (χ2n) is 10.1. The van der Waals surface area contributed by atoms with Gasteiger partial charge in [0.05, 0.1) is 6.54 Å². The fraction of sp³-hybridized carbons (Fsp3) is 0.615. The fourth-order valence-corrected chi connectivity index (χ4v) is 3.53. The van der Waals surface area contributed by atoms with Gasteiger partial charge in [0.15, 0.2) is 0 Å². The average Bonchev–Trinajstić information content (AvgIpc) is 2.82. The van der Waals surface area contributed by atoms with Gasteiger partial charge in [-0.2, -0.15) is 0 Å². The number of alkyl halides is 3. The lowest BCUT2D eigenvalue weighted by atomic mass is 9.99. The summed E-state index contributed by atoms with van der Waals surface area (Å²) < 4.78 is 8.72. The van der Waals surface area contributed by atoms with Gasteiger partial charge in [-0.1, -0.05) is 85.4 Å². The molecule has 0 saturated carbocycles. The third-order valence-corrected chi connectivity index (χ3v) is 5.95. The van der Waals surface area contributed by atoms with E-state index in [9.17, 15) is 19.2 Å². The first-order chi connectivity index (χ1) is 17.4. The second kappa shape index (κ2) is 14.8. The van der Waals surface area contributed by atoms with Crippen molar-refractivity contribution in [3.8, 4) is 0 Å². The highest BCUT2D eigenvalue weighted by Gasteiger charge is 2.34. The Hall–Kier alpha value is -2.23. The number of hydrogen-bond acceptors (Lipinski definition) is 6. The minimum Gasteiger partial charge on any atom is -0.460 e. The number of halogens is 3. The molecule has 3 atom stereocenters. The zero-order valence-electron chi connectivity index (χ0n) is 22.9. The number of ether oxygens (including phenoxy) is 2. The summed E-state index contributed by atoms with van der Waals surface area (Å²) in [7, 11) is 2.93. The molecule has 214 valence electrons. The Morgan fingerprint density at radius 2 is 1.61 bits per heavy atom. The largest absolute Gasteiger partial charge is 0.460 e. The van der Waals surface area contributed by atoms with Crippen LogP contribution in [0.3, 0.4) is 0 Å². The zero-order chi connectivity index (χ0) is 29.3. The first-order valence-corrected chi connectivity index (χ1v) is 13.4. The van der Waals surface area contributed by atoms with E-state index in [-0.39, 0.29) is 18.9 Å². The Kier molecular flexibility index (Phi) is 13.2. The summed E-state index contributed by atoms with van der Waals surface area (Å²) in [5.74, 6) is -2.10. The van der Waals surface area contributed by atoms with E-state index in [4.69, 9.17) is 44.3 Å². The van der Waals surface area contributed by atoms with Crippen molar-refractivity contribution in [3.05, 3.63) is 35.9 Å². The standard InChI is InChI=1S/C26H38Cl3N3O6/c1-8-17(2)21(23(35)37-16-26(27,28)29)30-20(33)15-31(6)22(34)19(14-18-12-10-9-11-13-18)32(7)24(36)38-25(3,4)5/h9-13,17,19,21H,8,14-16H2,1-7H3,(H,30,33)/t17-,19+,21-/m0/s1. The molecule has 0 aliphatic rings. The summed E-state index contributed by atoms with van der Waals surface area (Å²) in [4.78, 5) is 54.1. The molecule has 0 heterocycles. The van der Waals surface area contributed by atoms with Crippen LogP contribution in [-0.4, -0.2) is 82.4 Å². The molecule has 3 amide bonds.